The van der Waals surface area contributed by atoms with Crippen molar-refractivity contribution >= 4 is 0 Å². The van der Waals surface area contributed by atoms with Crippen molar-refractivity contribution in [2.24, 2.45) is 5.41 Å². The lowest BCUT2D eigenvalue weighted by molar-refractivity contribution is -0.375. The molecule has 0 amide bonds. The van der Waals surface area contributed by atoms with Crippen LogP contribution >= 0.6 is 0 Å². The first kappa shape index (κ1) is 12.9. The van der Waals surface area contributed by atoms with Crippen LogP contribution in [0.1, 0.15) is 54.9 Å². The maximum Gasteiger partial charge on any atom is 0.0985 e. The molecule has 80 valence electrons. The Labute approximate surface area is 82.5 Å². The molecule has 0 aliphatic rings. The molecule has 0 N–H and O–H groups in total. The topological polar surface area (TPSA) is 18.5 Å². The summed E-state index contributed by atoms with van der Waals surface area (Å²) >= 11 is 0. The van der Waals surface area contributed by atoms with E-state index in [-0.39, 0.29) is 17.1 Å². The van der Waals surface area contributed by atoms with Crippen LogP contribution in [0.3, 0.4) is 0 Å². The van der Waals surface area contributed by atoms with Crippen LogP contribution in [0.15, 0.2) is 0 Å². The van der Waals surface area contributed by atoms with Gasteiger partial charge in [-0.3, -0.25) is 0 Å². The van der Waals surface area contributed by atoms with E-state index < -0.39 is 0 Å². The number of hydrogen-bond donors (Lipinski definition) is 0. The average molecular weight is 188 g/mol. The summed E-state index contributed by atoms with van der Waals surface area (Å²) in [6, 6.07) is 0. The van der Waals surface area contributed by atoms with Crippen molar-refractivity contribution < 1.29 is 9.78 Å². The van der Waals surface area contributed by atoms with Crippen LogP contribution in [0.4, 0.5) is 0 Å². The maximum absolute atomic E-state index is 5.37. The molecule has 0 unspecified atom stereocenters. The summed E-state index contributed by atoms with van der Waals surface area (Å²) in [6.07, 6.45) is 1.10. The van der Waals surface area contributed by atoms with Crippen LogP contribution in [0.5, 0.6) is 0 Å². The van der Waals surface area contributed by atoms with E-state index in [1.54, 1.807) is 0 Å². The minimum atomic E-state index is -0.206. The van der Waals surface area contributed by atoms with Gasteiger partial charge < -0.3 is 0 Å². The largest absolute Gasteiger partial charge is 0.233 e. The highest BCUT2D eigenvalue weighted by Crippen LogP contribution is 2.29. The smallest absolute Gasteiger partial charge is 0.0985 e. The first-order chi connectivity index (χ1) is 5.62. The molecule has 0 radical (unpaired) electrons. The minimum absolute atomic E-state index is 0.124. The van der Waals surface area contributed by atoms with E-state index >= 15 is 0 Å². The average Bonchev–Trinajstić information content (AvgIpc) is 1.78. The zero-order valence-corrected chi connectivity index (χ0v) is 10.1. The van der Waals surface area contributed by atoms with Crippen molar-refractivity contribution in [3.8, 4) is 0 Å². The molecule has 0 aliphatic heterocycles. The number of rotatable bonds is 4. The van der Waals surface area contributed by atoms with Gasteiger partial charge in [-0.2, -0.15) is 0 Å². The molecule has 0 heterocycles. The van der Waals surface area contributed by atoms with Crippen LogP contribution in [0.25, 0.3) is 0 Å². The molecule has 0 saturated heterocycles. The molecule has 0 aromatic heterocycles. The molecular weight excluding hydrogens is 164 g/mol. The first-order valence-electron chi connectivity index (χ1n) is 4.97. The molecule has 0 aromatic rings. The van der Waals surface area contributed by atoms with Gasteiger partial charge in [0.25, 0.3) is 0 Å². The first-order valence-corrected chi connectivity index (χ1v) is 4.97. The third-order valence-electron chi connectivity index (χ3n) is 1.42. The summed E-state index contributed by atoms with van der Waals surface area (Å²) in [6.45, 7) is 14.6. The summed E-state index contributed by atoms with van der Waals surface area (Å²) in [5.41, 5.74) is 0.0619. The van der Waals surface area contributed by atoms with Gasteiger partial charge in [0.05, 0.1) is 11.7 Å². The van der Waals surface area contributed by atoms with Gasteiger partial charge in [0.1, 0.15) is 0 Å². The minimum Gasteiger partial charge on any atom is -0.233 e. The van der Waals surface area contributed by atoms with Gasteiger partial charge in [-0.05, 0) is 39.5 Å². The summed E-state index contributed by atoms with van der Waals surface area (Å²) < 4.78 is 0. The van der Waals surface area contributed by atoms with E-state index in [0.717, 1.165) is 6.42 Å². The Hall–Kier alpha value is -0.0800. The molecular formula is C11H24O2. The van der Waals surface area contributed by atoms with Crippen LogP contribution < -0.4 is 0 Å². The predicted octanol–water partition coefficient (Wildman–Crippen LogP) is 3.56. The number of hydrogen-bond acceptors (Lipinski definition) is 2. The van der Waals surface area contributed by atoms with Gasteiger partial charge in [-0.15, -0.1) is 0 Å². The Balaban J connectivity index is 3.94. The molecule has 0 rings (SSSR count). The third-order valence-corrected chi connectivity index (χ3v) is 1.42. The fraction of sp³-hybridized carbons (Fsp3) is 1.00. The molecule has 2 heteroatoms. The van der Waals surface area contributed by atoms with Crippen molar-refractivity contribution in [1.82, 2.24) is 0 Å². The highest BCUT2D eigenvalue weighted by molar-refractivity contribution is 4.75. The molecule has 13 heavy (non-hydrogen) atoms. The predicted molar refractivity (Wildman–Crippen MR) is 55.5 cm³/mol. The molecule has 0 aliphatic carbocycles. The van der Waals surface area contributed by atoms with E-state index in [1.807, 2.05) is 13.8 Å². The summed E-state index contributed by atoms with van der Waals surface area (Å²) in [4.78, 5) is 10.5. The molecule has 0 fully saturated rings. The fourth-order valence-corrected chi connectivity index (χ4v) is 1.53. The van der Waals surface area contributed by atoms with Gasteiger partial charge in [0, 0.05) is 0 Å². The lowest BCUT2D eigenvalue weighted by atomic mass is 9.84. The van der Waals surface area contributed by atoms with E-state index in [9.17, 15) is 0 Å². The molecule has 0 atom stereocenters. The highest BCUT2D eigenvalue weighted by Gasteiger charge is 2.27. The molecule has 2 nitrogen and oxygen atoms in total. The Kier molecular flexibility index (Phi) is 4.40. The van der Waals surface area contributed by atoms with Crippen LogP contribution in [0.2, 0.25) is 0 Å². The summed E-state index contributed by atoms with van der Waals surface area (Å²) in [7, 11) is 0. The Morgan fingerprint density at radius 2 is 1.46 bits per heavy atom. The summed E-state index contributed by atoms with van der Waals surface area (Å²) in [5, 5.41) is 0. The van der Waals surface area contributed by atoms with Gasteiger partial charge in [0.15, 0.2) is 0 Å². The Bertz CT molecular complexity index is 143. The van der Waals surface area contributed by atoms with Gasteiger partial charge in [-0.25, -0.2) is 9.78 Å². The highest BCUT2D eigenvalue weighted by atomic mass is 17.2. The van der Waals surface area contributed by atoms with Gasteiger partial charge in [-0.1, -0.05) is 20.8 Å². The van der Waals surface area contributed by atoms with Crippen molar-refractivity contribution in [1.29, 1.82) is 0 Å². The second-order valence-electron chi connectivity index (χ2n) is 5.73. The van der Waals surface area contributed by atoms with Gasteiger partial charge in [0.2, 0.25) is 0 Å². The Morgan fingerprint density at radius 1 is 1.00 bits per heavy atom. The van der Waals surface area contributed by atoms with Gasteiger partial charge >= 0.3 is 0 Å². The monoisotopic (exact) mass is 188 g/mol. The van der Waals surface area contributed by atoms with E-state index in [1.165, 1.54) is 0 Å². The van der Waals surface area contributed by atoms with Crippen molar-refractivity contribution in [2.75, 3.05) is 0 Å². The standard InChI is InChI=1S/C11H24O2/c1-9(2)12-13-11(6,7)8-10(3,4)5/h9H,8H2,1-7H3. The SMILES string of the molecule is CC(C)OOC(C)(C)CC(C)(C)C. The zero-order valence-electron chi connectivity index (χ0n) is 10.1. The lowest BCUT2D eigenvalue weighted by Gasteiger charge is -2.31. The van der Waals surface area contributed by atoms with Crippen molar-refractivity contribution in [3.05, 3.63) is 0 Å². The van der Waals surface area contributed by atoms with Crippen molar-refractivity contribution in [2.45, 2.75) is 66.6 Å². The van der Waals surface area contributed by atoms with Crippen molar-refractivity contribution in [3.63, 3.8) is 0 Å². The second-order valence-corrected chi connectivity index (χ2v) is 5.73. The van der Waals surface area contributed by atoms with Crippen LogP contribution in [-0.4, -0.2) is 11.7 Å². The lowest BCUT2D eigenvalue weighted by Crippen LogP contribution is -2.31. The van der Waals surface area contributed by atoms with E-state index in [0.29, 0.717) is 0 Å². The van der Waals surface area contributed by atoms with E-state index in [2.05, 4.69) is 34.6 Å². The molecule has 0 saturated carbocycles. The Morgan fingerprint density at radius 3 is 1.77 bits per heavy atom. The second kappa shape index (κ2) is 4.43. The van der Waals surface area contributed by atoms with E-state index in [4.69, 9.17) is 9.78 Å². The van der Waals surface area contributed by atoms with Crippen LogP contribution in [-0.2, 0) is 9.78 Å². The molecule has 0 aromatic carbocycles. The zero-order chi connectivity index (χ0) is 10.7. The molecule has 0 bridgehead atoms. The maximum atomic E-state index is 5.37. The van der Waals surface area contributed by atoms with Crippen LogP contribution in [0, 0.1) is 5.41 Å². The fourth-order valence-electron chi connectivity index (χ4n) is 1.53. The molecule has 0 spiro atoms. The normalized spacial score (nSPS) is 13.8. The summed E-state index contributed by atoms with van der Waals surface area (Å²) in [5.74, 6) is 0. The quantitative estimate of drug-likeness (QED) is 0.496. The third kappa shape index (κ3) is 8.26.